The fourth-order valence-electron chi connectivity index (χ4n) is 2.96. The molecule has 0 aromatic rings. The summed E-state index contributed by atoms with van der Waals surface area (Å²) in [6, 6.07) is 0.512. The number of ether oxygens (including phenoxy) is 1. The van der Waals surface area contributed by atoms with Crippen molar-refractivity contribution in [2.24, 2.45) is 5.92 Å². The van der Waals surface area contributed by atoms with Gasteiger partial charge < -0.3 is 23.2 Å². The summed E-state index contributed by atoms with van der Waals surface area (Å²) in [4.78, 5) is 3.38. The minimum absolute atomic E-state index is 0.157. The highest BCUT2D eigenvalue weighted by molar-refractivity contribution is 7.65. The lowest BCUT2D eigenvalue weighted by atomic mass is 9.98. The normalized spacial score (nSPS) is 25.4. The second kappa shape index (κ2) is 11.7. The first kappa shape index (κ1) is 24.8. The molecule has 1 saturated heterocycles. The highest BCUT2D eigenvalue weighted by atomic mass is 31.2. The van der Waals surface area contributed by atoms with E-state index >= 15 is 0 Å². The van der Waals surface area contributed by atoms with Crippen molar-refractivity contribution in [3.05, 3.63) is 23.3 Å². The minimum Gasteiger partial charge on any atom is -0.371 e. The van der Waals surface area contributed by atoms with Crippen molar-refractivity contribution < 1.29 is 18.3 Å². The van der Waals surface area contributed by atoms with E-state index in [0.717, 1.165) is 6.42 Å². The zero-order chi connectivity index (χ0) is 20.6. The molecule has 1 rings (SSSR count). The Bertz CT molecular complexity index is 548. The van der Waals surface area contributed by atoms with Crippen LogP contribution >= 0.6 is 15.7 Å². The molecule has 0 amide bonds. The van der Waals surface area contributed by atoms with Gasteiger partial charge in [-0.2, -0.15) is 0 Å². The van der Waals surface area contributed by atoms with Gasteiger partial charge in [0.15, 0.2) is 0 Å². The van der Waals surface area contributed by atoms with Crippen LogP contribution in [0.3, 0.4) is 0 Å². The molecule has 0 N–H and O–H groups in total. The number of nitrogens with zero attached hydrogens (tertiary/aromatic N) is 2. The summed E-state index contributed by atoms with van der Waals surface area (Å²) in [7, 11) is -3.58. The van der Waals surface area contributed by atoms with Gasteiger partial charge in [-0.15, -0.1) is 0 Å². The second-order valence-electron chi connectivity index (χ2n) is 8.08. The van der Waals surface area contributed by atoms with Crippen molar-refractivity contribution in [1.82, 2.24) is 4.67 Å². The van der Waals surface area contributed by atoms with Gasteiger partial charge in [0, 0.05) is 12.1 Å². The van der Waals surface area contributed by atoms with E-state index < -0.39 is 15.7 Å². The lowest BCUT2D eigenvalue weighted by molar-refractivity contribution is -0.0646. The summed E-state index contributed by atoms with van der Waals surface area (Å²) in [5, 5.41) is 0. The summed E-state index contributed by atoms with van der Waals surface area (Å²) < 4.78 is 32.8. The predicted octanol–water partition coefficient (Wildman–Crippen LogP) is 5.21. The molecule has 6 nitrogen and oxygen atoms in total. The minimum atomic E-state index is -2.27. The predicted molar refractivity (Wildman–Crippen MR) is 113 cm³/mol. The van der Waals surface area contributed by atoms with Crippen LogP contribution in [0, 0.1) is 12.5 Å². The van der Waals surface area contributed by atoms with E-state index in [1.54, 1.807) is 19.1 Å². The maximum atomic E-state index is 12.1. The van der Waals surface area contributed by atoms with Crippen LogP contribution in [0.2, 0.25) is 0 Å². The van der Waals surface area contributed by atoms with Crippen LogP contribution in [0.1, 0.15) is 41.0 Å². The van der Waals surface area contributed by atoms with Crippen molar-refractivity contribution in [2.45, 2.75) is 65.3 Å². The fourth-order valence-corrected chi connectivity index (χ4v) is 5.28. The van der Waals surface area contributed by atoms with Crippen LogP contribution in [-0.2, 0) is 18.3 Å². The molecule has 156 valence electrons. The molecular formula is C19H36N2O4P2. The van der Waals surface area contributed by atoms with Crippen LogP contribution < -0.4 is 0 Å². The van der Waals surface area contributed by atoms with Gasteiger partial charge in [0.2, 0.25) is 6.54 Å². The largest absolute Gasteiger partial charge is 0.371 e. The molecule has 0 aliphatic carbocycles. The Kier molecular flexibility index (Phi) is 10.7. The highest BCUT2D eigenvalue weighted by Gasteiger charge is 2.36. The molecule has 27 heavy (non-hydrogen) atoms. The molecule has 8 heteroatoms. The van der Waals surface area contributed by atoms with Crippen molar-refractivity contribution in [3.8, 4) is 0 Å². The van der Waals surface area contributed by atoms with Crippen LogP contribution in [0.4, 0.5) is 0 Å². The van der Waals surface area contributed by atoms with Gasteiger partial charge in [-0.05, 0) is 65.3 Å². The Hall–Kier alpha value is -0.270. The Morgan fingerprint density at radius 1 is 1.33 bits per heavy atom. The van der Waals surface area contributed by atoms with Gasteiger partial charge in [0.25, 0.3) is 8.53 Å². The number of rotatable bonds is 10. The Labute approximate surface area is 166 Å². The van der Waals surface area contributed by atoms with E-state index in [9.17, 15) is 4.57 Å². The van der Waals surface area contributed by atoms with Crippen molar-refractivity contribution in [1.29, 1.82) is 0 Å². The van der Waals surface area contributed by atoms with E-state index in [1.807, 2.05) is 6.08 Å². The fraction of sp³-hybridized carbons (Fsp3) is 0.842. The van der Waals surface area contributed by atoms with Crippen LogP contribution in [0.5, 0.6) is 0 Å². The zero-order valence-electron chi connectivity index (χ0n) is 17.8. The summed E-state index contributed by atoms with van der Waals surface area (Å²) in [6.45, 7) is 22.5. The Balaban J connectivity index is 2.99. The molecule has 0 aromatic carbocycles. The van der Waals surface area contributed by atoms with Gasteiger partial charge in [0.05, 0.1) is 12.7 Å². The third-order valence-corrected chi connectivity index (χ3v) is 7.13. The first-order valence-electron chi connectivity index (χ1n) is 9.62. The standard InChI is InChI=1S/C19H36N2O4P2/c1-15(2)21(16(3)4)26(24-11-10-20-6)25-19-13-17(5)14-23-18(19)9-12-27(7,8)22/h9,12,15-19H,10-11,13-14H2,1-5,7-8H3/b12-9+. The third-order valence-electron chi connectivity index (χ3n) is 4.09. The van der Waals surface area contributed by atoms with E-state index in [-0.39, 0.29) is 24.3 Å². The molecule has 0 aromatic heterocycles. The lowest BCUT2D eigenvalue weighted by Crippen LogP contribution is -2.40. The van der Waals surface area contributed by atoms with Crippen LogP contribution in [0.15, 0.2) is 11.9 Å². The molecule has 1 fully saturated rings. The second-order valence-corrected chi connectivity index (χ2v) is 12.7. The van der Waals surface area contributed by atoms with Gasteiger partial charge in [-0.25, -0.2) is 11.2 Å². The van der Waals surface area contributed by atoms with Gasteiger partial charge in [-0.3, -0.25) is 0 Å². The Morgan fingerprint density at radius 2 is 1.96 bits per heavy atom. The van der Waals surface area contributed by atoms with Crippen molar-refractivity contribution in [3.63, 3.8) is 0 Å². The molecule has 0 saturated carbocycles. The molecule has 4 atom stereocenters. The summed E-state index contributed by atoms with van der Waals surface area (Å²) in [5.74, 6) is 2.15. The zero-order valence-corrected chi connectivity index (χ0v) is 19.6. The first-order valence-corrected chi connectivity index (χ1v) is 13.4. The van der Waals surface area contributed by atoms with E-state index in [1.165, 1.54) is 0 Å². The van der Waals surface area contributed by atoms with Gasteiger partial charge in [0.1, 0.15) is 19.9 Å². The quantitative estimate of drug-likeness (QED) is 0.277. The van der Waals surface area contributed by atoms with E-state index in [2.05, 4.69) is 44.1 Å². The topological polar surface area (TPSA) is 52.4 Å². The summed E-state index contributed by atoms with van der Waals surface area (Å²) in [6.07, 6.45) is 2.36. The lowest BCUT2D eigenvalue weighted by Gasteiger charge is -2.40. The highest BCUT2D eigenvalue weighted by Crippen LogP contribution is 2.49. The number of hydrogen-bond acceptors (Lipinski definition) is 5. The Morgan fingerprint density at radius 3 is 2.48 bits per heavy atom. The average molecular weight is 418 g/mol. The van der Waals surface area contributed by atoms with Gasteiger partial charge in [-0.1, -0.05) is 6.92 Å². The first-order chi connectivity index (χ1) is 12.5. The molecule has 0 radical (unpaired) electrons. The SMILES string of the molecule is [C-]#[N+]CCOP(OC1CC(C)COC1/C=C/P(C)(C)=O)N(C(C)C)C(C)C. The average Bonchev–Trinajstić information content (AvgIpc) is 2.52. The maximum absolute atomic E-state index is 12.1. The van der Waals surface area contributed by atoms with Crippen molar-refractivity contribution in [2.75, 3.05) is 33.1 Å². The smallest absolute Gasteiger partial charge is 0.259 e. The number of hydrogen-bond donors (Lipinski definition) is 0. The third kappa shape index (κ3) is 9.18. The van der Waals surface area contributed by atoms with E-state index in [0.29, 0.717) is 25.7 Å². The van der Waals surface area contributed by atoms with Crippen LogP contribution in [0.25, 0.3) is 4.85 Å². The molecular weight excluding hydrogens is 382 g/mol. The summed E-state index contributed by atoms with van der Waals surface area (Å²) in [5.41, 5.74) is 0. The van der Waals surface area contributed by atoms with Crippen LogP contribution in [-0.4, -0.2) is 62.1 Å². The molecule has 0 spiro atoms. The monoisotopic (exact) mass is 418 g/mol. The molecule has 1 heterocycles. The molecule has 0 bridgehead atoms. The molecule has 1 aliphatic rings. The summed E-state index contributed by atoms with van der Waals surface area (Å²) >= 11 is 0. The van der Waals surface area contributed by atoms with Gasteiger partial charge >= 0.3 is 0 Å². The molecule has 4 unspecified atom stereocenters. The van der Waals surface area contributed by atoms with Crippen molar-refractivity contribution >= 4 is 15.7 Å². The maximum Gasteiger partial charge on any atom is 0.259 e. The molecule has 1 aliphatic heterocycles. The van der Waals surface area contributed by atoms with E-state index in [4.69, 9.17) is 20.4 Å².